The fourth-order valence-corrected chi connectivity index (χ4v) is 3.92. The zero-order valence-corrected chi connectivity index (χ0v) is 17.9. The molecule has 0 saturated heterocycles. The van der Waals surface area contributed by atoms with Crippen molar-refractivity contribution in [2.75, 3.05) is 5.32 Å². The van der Waals surface area contributed by atoms with E-state index in [9.17, 15) is 4.79 Å². The van der Waals surface area contributed by atoms with Gasteiger partial charge in [-0.15, -0.1) is 5.10 Å². The van der Waals surface area contributed by atoms with Crippen LogP contribution in [0.5, 0.6) is 5.75 Å². The maximum atomic E-state index is 12.5. The van der Waals surface area contributed by atoms with Gasteiger partial charge < -0.3 is 9.15 Å². The number of fused-ring (bicyclic) bond motifs is 1. The number of aryl methyl sites for hydroxylation is 3. The lowest BCUT2D eigenvalue weighted by Gasteiger charge is -2.06. The fourth-order valence-electron chi connectivity index (χ4n) is 3.92. The van der Waals surface area contributed by atoms with Gasteiger partial charge in [0.2, 0.25) is 5.95 Å². The minimum atomic E-state index is -0.401. The van der Waals surface area contributed by atoms with Crippen molar-refractivity contribution < 1.29 is 13.9 Å². The van der Waals surface area contributed by atoms with E-state index in [4.69, 9.17) is 9.15 Å². The second-order valence-electron chi connectivity index (χ2n) is 7.99. The SMILES string of the molecule is Cc1ccccc1Cn1cnc(NC(=O)c2ccc(COc3ccc4c(c3)CCC4)o2)n1. The van der Waals surface area contributed by atoms with Crippen molar-refractivity contribution >= 4 is 11.9 Å². The summed E-state index contributed by atoms with van der Waals surface area (Å²) in [4.78, 5) is 16.7. The smallest absolute Gasteiger partial charge is 0.293 e. The molecular formula is C25H24N4O3. The topological polar surface area (TPSA) is 82.2 Å². The van der Waals surface area contributed by atoms with E-state index in [1.807, 2.05) is 24.3 Å². The third kappa shape index (κ3) is 4.42. The van der Waals surface area contributed by atoms with E-state index >= 15 is 0 Å². The molecule has 1 aliphatic rings. The Bertz CT molecular complexity index is 1260. The molecular weight excluding hydrogens is 404 g/mol. The number of rotatable bonds is 7. The summed E-state index contributed by atoms with van der Waals surface area (Å²) in [6.07, 6.45) is 5.05. The van der Waals surface area contributed by atoms with Gasteiger partial charge >= 0.3 is 0 Å². The monoisotopic (exact) mass is 428 g/mol. The molecule has 0 radical (unpaired) electrons. The first-order chi connectivity index (χ1) is 15.6. The van der Waals surface area contributed by atoms with Crippen molar-refractivity contribution in [2.24, 2.45) is 0 Å². The van der Waals surface area contributed by atoms with Gasteiger partial charge in [0, 0.05) is 0 Å². The van der Waals surface area contributed by atoms with Crippen LogP contribution >= 0.6 is 0 Å². The summed E-state index contributed by atoms with van der Waals surface area (Å²) in [6, 6.07) is 17.7. The van der Waals surface area contributed by atoms with Crippen LogP contribution in [0.3, 0.4) is 0 Å². The molecule has 1 N–H and O–H groups in total. The molecule has 0 aliphatic heterocycles. The predicted octanol–water partition coefficient (Wildman–Crippen LogP) is 4.55. The number of anilines is 1. The number of ether oxygens (including phenoxy) is 1. The van der Waals surface area contributed by atoms with Crippen LogP contribution in [-0.2, 0) is 26.0 Å². The van der Waals surface area contributed by atoms with Crippen molar-refractivity contribution in [3.8, 4) is 5.75 Å². The molecule has 7 nitrogen and oxygen atoms in total. The van der Waals surface area contributed by atoms with Crippen LogP contribution in [-0.4, -0.2) is 20.7 Å². The zero-order valence-electron chi connectivity index (χ0n) is 17.9. The molecule has 7 heteroatoms. The highest BCUT2D eigenvalue weighted by Gasteiger charge is 2.15. The molecule has 0 bridgehead atoms. The van der Waals surface area contributed by atoms with Crippen molar-refractivity contribution in [1.29, 1.82) is 0 Å². The number of aromatic nitrogens is 3. The Morgan fingerprint density at radius 3 is 2.91 bits per heavy atom. The molecule has 0 saturated carbocycles. The van der Waals surface area contributed by atoms with Gasteiger partial charge in [0.15, 0.2) is 5.76 Å². The van der Waals surface area contributed by atoms with Crippen molar-refractivity contribution in [3.63, 3.8) is 0 Å². The minimum absolute atomic E-state index is 0.188. The first kappa shape index (κ1) is 20.1. The molecule has 4 aromatic rings. The molecule has 2 aromatic carbocycles. The molecule has 0 spiro atoms. The summed E-state index contributed by atoms with van der Waals surface area (Å²) in [5, 5.41) is 7.01. The number of benzene rings is 2. The molecule has 1 amide bonds. The molecule has 0 fully saturated rings. The minimum Gasteiger partial charge on any atom is -0.486 e. The Morgan fingerprint density at radius 2 is 2.00 bits per heavy atom. The number of hydrogen-bond donors (Lipinski definition) is 1. The van der Waals surface area contributed by atoms with E-state index in [-0.39, 0.29) is 18.3 Å². The largest absolute Gasteiger partial charge is 0.486 e. The van der Waals surface area contributed by atoms with Crippen LogP contribution in [0.1, 0.15) is 45.0 Å². The summed E-state index contributed by atoms with van der Waals surface area (Å²) in [5.74, 6) is 1.41. The normalized spacial score (nSPS) is 12.5. The number of nitrogens with zero attached hydrogens (tertiary/aromatic N) is 3. The second-order valence-corrected chi connectivity index (χ2v) is 7.99. The Labute approximate surface area is 186 Å². The third-order valence-electron chi connectivity index (χ3n) is 5.69. The van der Waals surface area contributed by atoms with Gasteiger partial charge in [-0.25, -0.2) is 9.67 Å². The lowest BCUT2D eigenvalue weighted by atomic mass is 10.1. The van der Waals surface area contributed by atoms with Crippen LogP contribution < -0.4 is 10.1 Å². The molecule has 32 heavy (non-hydrogen) atoms. The molecule has 162 valence electrons. The number of carbonyl (C=O) groups excluding carboxylic acids is 1. The molecule has 2 aromatic heterocycles. The van der Waals surface area contributed by atoms with Crippen LogP contribution in [0.15, 0.2) is 65.3 Å². The predicted molar refractivity (Wildman–Crippen MR) is 120 cm³/mol. The number of nitrogens with one attached hydrogen (secondary N) is 1. The summed E-state index contributed by atoms with van der Waals surface area (Å²) < 4.78 is 13.2. The maximum Gasteiger partial charge on any atom is 0.293 e. The lowest BCUT2D eigenvalue weighted by Crippen LogP contribution is -2.12. The fraction of sp³-hybridized carbons (Fsp3) is 0.240. The highest BCUT2D eigenvalue weighted by atomic mass is 16.5. The standard InChI is InChI=1S/C25H24N4O3/c1-17-5-2-3-6-20(17)14-29-16-26-25(28-29)27-24(30)23-12-11-22(32-23)15-31-21-10-9-18-7-4-8-19(18)13-21/h2-3,5-6,9-13,16H,4,7-8,14-15H2,1H3,(H,27,28,30). The van der Waals surface area contributed by atoms with Crippen LogP contribution in [0.4, 0.5) is 5.95 Å². The first-order valence-electron chi connectivity index (χ1n) is 10.7. The molecule has 0 unspecified atom stereocenters. The Kier molecular flexibility index (Phi) is 5.46. The number of furan rings is 1. The Morgan fingerprint density at radius 1 is 1.12 bits per heavy atom. The van der Waals surface area contributed by atoms with Gasteiger partial charge in [-0.05, 0) is 72.7 Å². The van der Waals surface area contributed by atoms with Crippen molar-refractivity contribution in [3.05, 3.63) is 94.7 Å². The maximum absolute atomic E-state index is 12.5. The highest BCUT2D eigenvalue weighted by molar-refractivity contribution is 6.01. The van der Waals surface area contributed by atoms with Crippen molar-refractivity contribution in [2.45, 2.75) is 39.3 Å². The van der Waals surface area contributed by atoms with Gasteiger partial charge in [0.1, 0.15) is 24.4 Å². The Hall–Kier alpha value is -3.87. The summed E-state index contributed by atoms with van der Waals surface area (Å²) in [6.45, 7) is 2.90. The van der Waals surface area contributed by atoms with Gasteiger partial charge in [0.25, 0.3) is 5.91 Å². The number of amides is 1. The van der Waals surface area contributed by atoms with E-state index in [1.165, 1.54) is 23.1 Å². The summed E-state index contributed by atoms with van der Waals surface area (Å²) in [7, 11) is 0. The number of carbonyl (C=O) groups is 1. The van der Waals surface area contributed by atoms with Gasteiger partial charge in [-0.2, -0.15) is 0 Å². The average Bonchev–Trinajstić information content (AvgIpc) is 3.54. The summed E-state index contributed by atoms with van der Waals surface area (Å²) in [5.41, 5.74) is 5.09. The molecule has 1 aliphatic carbocycles. The van der Waals surface area contributed by atoms with Gasteiger partial charge in [0.05, 0.1) is 6.54 Å². The zero-order chi connectivity index (χ0) is 21.9. The first-order valence-corrected chi connectivity index (χ1v) is 10.7. The van der Waals surface area contributed by atoms with Gasteiger partial charge in [-0.1, -0.05) is 30.3 Å². The van der Waals surface area contributed by atoms with Gasteiger partial charge in [-0.3, -0.25) is 10.1 Å². The van der Waals surface area contributed by atoms with Crippen LogP contribution in [0.2, 0.25) is 0 Å². The van der Waals surface area contributed by atoms with E-state index in [1.54, 1.807) is 23.1 Å². The van der Waals surface area contributed by atoms with E-state index in [2.05, 4.69) is 40.5 Å². The lowest BCUT2D eigenvalue weighted by molar-refractivity contribution is 0.0991. The van der Waals surface area contributed by atoms with Crippen molar-refractivity contribution in [1.82, 2.24) is 14.8 Å². The van der Waals surface area contributed by atoms with Crippen LogP contribution in [0.25, 0.3) is 0 Å². The van der Waals surface area contributed by atoms with E-state index in [0.29, 0.717) is 12.3 Å². The molecule has 5 rings (SSSR count). The number of hydrogen-bond acceptors (Lipinski definition) is 5. The molecule has 2 heterocycles. The Balaban J connectivity index is 1.17. The third-order valence-corrected chi connectivity index (χ3v) is 5.69. The van der Waals surface area contributed by atoms with Crippen LogP contribution in [0, 0.1) is 6.92 Å². The summed E-state index contributed by atoms with van der Waals surface area (Å²) >= 11 is 0. The second kappa shape index (κ2) is 8.70. The van der Waals surface area contributed by atoms with E-state index < -0.39 is 5.91 Å². The highest BCUT2D eigenvalue weighted by Crippen LogP contribution is 2.26. The average molecular weight is 428 g/mol. The van der Waals surface area contributed by atoms with E-state index in [0.717, 1.165) is 24.2 Å². The quantitative estimate of drug-likeness (QED) is 0.467. The molecule has 0 atom stereocenters.